The molecule has 1 aromatic heterocycles. The van der Waals surface area contributed by atoms with Crippen molar-refractivity contribution >= 4 is 17.2 Å². The fraction of sp³-hybridized carbons (Fsp3) is 0.267. The molecule has 0 aliphatic rings. The van der Waals surface area contributed by atoms with E-state index in [1.54, 1.807) is 0 Å². The number of nitrogens with zero attached hydrogens (tertiary/aromatic N) is 2. The van der Waals surface area contributed by atoms with Crippen LogP contribution in [0.25, 0.3) is 0 Å². The Morgan fingerprint density at radius 1 is 1.06 bits per heavy atom. The van der Waals surface area contributed by atoms with Crippen LogP contribution in [0.4, 0.5) is 17.2 Å². The number of benzene rings is 1. The Bertz CT molecular complexity index is 576. The van der Waals surface area contributed by atoms with E-state index in [0.29, 0.717) is 5.69 Å². The molecule has 0 spiro atoms. The lowest BCUT2D eigenvalue weighted by molar-refractivity contribution is 1.08. The maximum Gasteiger partial charge on any atom is 0.156 e. The molecule has 3 heteroatoms. The zero-order chi connectivity index (χ0) is 13.3. The maximum absolute atomic E-state index is 6.00. The van der Waals surface area contributed by atoms with Crippen LogP contribution in [0.15, 0.2) is 30.3 Å². The van der Waals surface area contributed by atoms with Gasteiger partial charge in [0, 0.05) is 18.4 Å². The second kappa shape index (κ2) is 4.69. The molecule has 0 aliphatic heterocycles. The smallest absolute Gasteiger partial charge is 0.156 e. The Balaban J connectivity index is 2.47. The van der Waals surface area contributed by atoms with Gasteiger partial charge in [0.25, 0.3) is 0 Å². The molecule has 18 heavy (non-hydrogen) atoms. The molecule has 0 amide bonds. The highest BCUT2D eigenvalue weighted by Crippen LogP contribution is 2.29. The standard InChI is InChI=1S/C15H19N3/c1-10-5-8-14(11(2)9-10)18(4)15-13(16)7-6-12(3)17-15/h5-9H,16H2,1-4H3. The molecule has 0 saturated carbocycles. The first kappa shape index (κ1) is 12.4. The highest BCUT2D eigenvalue weighted by atomic mass is 15.2. The predicted molar refractivity (Wildman–Crippen MR) is 77.4 cm³/mol. The van der Waals surface area contributed by atoms with Crippen molar-refractivity contribution < 1.29 is 0 Å². The van der Waals surface area contributed by atoms with Crippen LogP contribution < -0.4 is 10.6 Å². The molecule has 0 unspecified atom stereocenters. The Labute approximate surface area is 108 Å². The summed E-state index contributed by atoms with van der Waals surface area (Å²) >= 11 is 0. The van der Waals surface area contributed by atoms with E-state index >= 15 is 0 Å². The molecule has 0 saturated heterocycles. The summed E-state index contributed by atoms with van der Waals surface area (Å²) in [5.41, 5.74) is 11.3. The van der Waals surface area contributed by atoms with E-state index in [1.807, 2.05) is 31.0 Å². The van der Waals surface area contributed by atoms with Gasteiger partial charge in [0.15, 0.2) is 5.82 Å². The van der Waals surface area contributed by atoms with Crippen LogP contribution in [-0.2, 0) is 0 Å². The van der Waals surface area contributed by atoms with Gasteiger partial charge in [-0.1, -0.05) is 17.7 Å². The second-order valence-corrected chi connectivity index (χ2v) is 4.71. The number of nitrogen functional groups attached to an aromatic ring is 1. The molecule has 2 N–H and O–H groups in total. The van der Waals surface area contributed by atoms with Crippen molar-refractivity contribution in [3.05, 3.63) is 47.2 Å². The zero-order valence-corrected chi connectivity index (χ0v) is 11.4. The lowest BCUT2D eigenvalue weighted by Gasteiger charge is -2.22. The first-order valence-electron chi connectivity index (χ1n) is 6.03. The molecule has 0 atom stereocenters. The van der Waals surface area contributed by atoms with Gasteiger partial charge >= 0.3 is 0 Å². The number of pyridine rings is 1. The Morgan fingerprint density at radius 3 is 2.44 bits per heavy atom. The molecule has 94 valence electrons. The van der Waals surface area contributed by atoms with Gasteiger partial charge in [-0.3, -0.25) is 0 Å². The summed E-state index contributed by atoms with van der Waals surface area (Å²) < 4.78 is 0. The van der Waals surface area contributed by atoms with Crippen molar-refractivity contribution in [2.24, 2.45) is 0 Å². The van der Waals surface area contributed by atoms with Gasteiger partial charge in [-0.25, -0.2) is 4.98 Å². The first-order valence-corrected chi connectivity index (χ1v) is 6.03. The van der Waals surface area contributed by atoms with Crippen molar-refractivity contribution in [3.8, 4) is 0 Å². The van der Waals surface area contributed by atoms with E-state index in [9.17, 15) is 0 Å². The number of nitrogens with two attached hydrogens (primary N) is 1. The minimum Gasteiger partial charge on any atom is -0.396 e. The summed E-state index contributed by atoms with van der Waals surface area (Å²) in [6.07, 6.45) is 0. The molecule has 1 heterocycles. The highest BCUT2D eigenvalue weighted by molar-refractivity contribution is 5.72. The Hall–Kier alpha value is -2.03. The molecule has 0 fully saturated rings. The van der Waals surface area contributed by atoms with Crippen LogP contribution in [0.3, 0.4) is 0 Å². The molecular formula is C15H19N3. The summed E-state index contributed by atoms with van der Waals surface area (Å²) in [6.45, 7) is 6.17. The fourth-order valence-electron chi connectivity index (χ4n) is 2.12. The third-order valence-electron chi connectivity index (χ3n) is 3.08. The Morgan fingerprint density at radius 2 is 1.78 bits per heavy atom. The van der Waals surface area contributed by atoms with E-state index in [0.717, 1.165) is 17.2 Å². The lowest BCUT2D eigenvalue weighted by Crippen LogP contribution is -2.15. The molecule has 3 nitrogen and oxygen atoms in total. The van der Waals surface area contributed by atoms with Crippen LogP contribution >= 0.6 is 0 Å². The summed E-state index contributed by atoms with van der Waals surface area (Å²) in [6, 6.07) is 10.2. The molecule has 0 aliphatic carbocycles. The van der Waals surface area contributed by atoms with Crippen LogP contribution in [-0.4, -0.2) is 12.0 Å². The quantitative estimate of drug-likeness (QED) is 0.876. The average molecular weight is 241 g/mol. The number of anilines is 3. The van der Waals surface area contributed by atoms with Crippen LogP contribution in [0, 0.1) is 20.8 Å². The van der Waals surface area contributed by atoms with Gasteiger partial charge in [-0.2, -0.15) is 0 Å². The molecule has 2 aromatic rings. The van der Waals surface area contributed by atoms with Crippen molar-refractivity contribution in [2.75, 3.05) is 17.7 Å². The van der Waals surface area contributed by atoms with E-state index in [2.05, 4.69) is 37.0 Å². The van der Waals surface area contributed by atoms with Crippen LogP contribution in [0.1, 0.15) is 16.8 Å². The molecule has 0 radical (unpaired) electrons. The number of hydrogen-bond acceptors (Lipinski definition) is 3. The van der Waals surface area contributed by atoms with E-state index in [1.165, 1.54) is 11.1 Å². The largest absolute Gasteiger partial charge is 0.396 e. The van der Waals surface area contributed by atoms with Gasteiger partial charge in [0.2, 0.25) is 0 Å². The van der Waals surface area contributed by atoms with Crippen molar-refractivity contribution in [1.82, 2.24) is 4.98 Å². The van der Waals surface area contributed by atoms with Crippen LogP contribution in [0.2, 0.25) is 0 Å². The molecule has 2 rings (SSSR count). The first-order chi connectivity index (χ1) is 8.49. The number of aromatic nitrogens is 1. The highest BCUT2D eigenvalue weighted by Gasteiger charge is 2.11. The number of rotatable bonds is 2. The van der Waals surface area contributed by atoms with E-state index in [4.69, 9.17) is 5.73 Å². The minimum absolute atomic E-state index is 0.697. The normalized spacial score (nSPS) is 10.4. The van der Waals surface area contributed by atoms with Crippen molar-refractivity contribution in [3.63, 3.8) is 0 Å². The van der Waals surface area contributed by atoms with E-state index in [-0.39, 0.29) is 0 Å². The van der Waals surface area contributed by atoms with Gasteiger partial charge in [0.05, 0.1) is 5.69 Å². The van der Waals surface area contributed by atoms with Gasteiger partial charge < -0.3 is 10.6 Å². The predicted octanol–water partition coefficient (Wildman–Crippen LogP) is 3.36. The molecular weight excluding hydrogens is 222 g/mol. The van der Waals surface area contributed by atoms with Crippen molar-refractivity contribution in [1.29, 1.82) is 0 Å². The van der Waals surface area contributed by atoms with Gasteiger partial charge in [0.1, 0.15) is 0 Å². The third kappa shape index (κ3) is 2.30. The average Bonchev–Trinajstić information content (AvgIpc) is 2.31. The molecule has 0 bridgehead atoms. The van der Waals surface area contributed by atoms with Gasteiger partial charge in [-0.15, -0.1) is 0 Å². The van der Waals surface area contributed by atoms with Crippen molar-refractivity contribution in [2.45, 2.75) is 20.8 Å². The SMILES string of the molecule is Cc1ccc(N(C)c2nc(C)ccc2N)c(C)c1. The minimum atomic E-state index is 0.697. The lowest BCUT2D eigenvalue weighted by atomic mass is 10.1. The third-order valence-corrected chi connectivity index (χ3v) is 3.08. The summed E-state index contributed by atoms with van der Waals surface area (Å²) in [7, 11) is 2.00. The zero-order valence-electron chi connectivity index (χ0n) is 11.4. The Kier molecular flexibility index (Phi) is 3.24. The molecule has 1 aromatic carbocycles. The maximum atomic E-state index is 6.00. The topological polar surface area (TPSA) is 42.2 Å². The summed E-state index contributed by atoms with van der Waals surface area (Å²) in [5.74, 6) is 0.807. The monoisotopic (exact) mass is 241 g/mol. The fourth-order valence-corrected chi connectivity index (χ4v) is 2.12. The number of hydrogen-bond donors (Lipinski definition) is 1. The van der Waals surface area contributed by atoms with E-state index < -0.39 is 0 Å². The van der Waals surface area contributed by atoms with Gasteiger partial charge in [-0.05, 0) is 44.5 Å². The second-order valence-electron chi connectivity index (χ2n) is 4.71. The summed E-state index contributed by atoms with van der Waals surface area (Å²) in [5, 5.41) is 0. The summed E-state index contributed by atoms with van der Waals surface area (Å²) in [4.78, 5) is 6.55. The number of aryl methyl sites for hydroxylation is 3. The van der Waals surface area contributed by atoms with Crippen LogP contribution in [0.5, 0.6) is 0 Å².